The van der Waals surface area contributed by atoms with Gasteiger partial charge in [0.25, 0.3) is 0 Å². The molecule has 2 nitrogen and oxygen atoms in total. The van der Waals surface area contributed by atoms with Crippen molar-refractivity contribution in [3.63, 3.8) is 0 Å². The molecule has 10 aromatic rings. The molecule has 0 saturated carbocycles. The van der Waals surface area contributed by atoms with E-state index in [-0.39, 0.29) is 0 Å². The number of fused-ring (bicyclic) bond motifs is 6. The summed E-state index contributed by atoms with van der Waals surface area (Å²) in [6.07, 6.45) is 0. The van der Waals surface area contributed by atoms with Crippen molar-refractivity contribution in [3.8, 4) is 56.2 Å². The summed E-state index contributed by atoms with van der Waals surface area (Å²) in [4.78, 5) is 10.4. The lowest BCUT2D eigenvalue weighted by Gasteiger charge is -2.11. The maximum absolute atomic E-state index is 5.21. The van der Waals surface area contributed by atoms with Crippen LogP contribution in [0.1, 0.15) is 0 Å². The molecule has 4 heteroatoms. The summed E-state index contributed by atoms with van der Waals surface area (Å²) in [6.45, 7) is 0. The van der Waals surface area contributed by atoms with E-state index in [1.54, 1.807) is 0 Å². The topological polar surface area (TPSA) is 25.8 Å². The van der Waals surface area contributed by atoms with Gasteiger partial charge in [-0.3, -0.25) is 0 Å². The fraction of sp³-hybridized carbons (Fsp3) is 0. The van der Waals surface area contributed by atoms with Gasteiger partial charge in [0.05, 0.1) is 11.4 Å². The molecule has 0 unspecified atom stereocenters. The molecule has 7 aromatic carbocycles. The zero-order chi connectivity index (χ0) is 33.0. The number of thiophene rings is 2. The monoisotopic (exact) mass is 672 g/mol. The predicted molar refractivity (Wildman–Crippen MR) is 215 cm³/mol. The third kappa shape index (κ3) is 5.00. The van der Waals surface area contributed by atoms with Gasteiger partial charge >= 0.3 is 0 Å². The average Bonchev–Trinajstić information content (AvgIpc) is 3.76. The quantitative estimate of drug-likeness (QED) is 0.182. The van der Waals surface area contributed by atoms with Crippen LogP contribution in [0, 0.1) is 0 Å². The summed E-state index contributed by atoms with van der Waals surface area (Å²) in [7, 11) is 0. The lowest BCUT2D eigenvalue weighted by atomic mass is 9.98. The van der Waals surface area contributed by atoms with Gasteiger partial charge < -0.3 is 0 Å². The van der Waals surface area contributed by atoms with Crippen LogP contribution in [-0.2, 0) is 0 Å². The highest BCUT2D eigenvalue weighted by molar-refractivity contribution is 7.26. The van der Waals surface area contributed by atoms with Crippen LogP contribution in [0.15, 0.2) is 170 Å². The van der Waals surface area contributed by atoms with Crippen molar-refractivity contribution < 1.29 is 0 Å². The van der Waals surface area contributed by atoms with Crippen molar-refractivity contribution in [3.05, 3.63) is 170 Å². The van der Waals surface area contributed by atoms with Gasteiger partial charge in [-0.05, 0) is 52.6 Å². The molecule has 50 heavy (non-hydrogen) atoms. The van der Waals surface area contributed by atoms with Gasteiger partial charge in [0.2, 0.25) is 0 Å². The predicted octanol–water partition coefficient (Wildman–Crippen LogP) is 13.5. The standard InChI is InChI=1S/C46H28N2S2/c1-2-9-29(10-3-1)30-17-21-32(22-18-30)39-28-40(34-25-26-37-36-11-4-6-14-41(36)50-44(37)27-34)48-46(47-39)33-23-19-31(20-24-33)35-13-8-16-43-45(35)38-12-5-7-15-42(38)49-43/h1-28H. The zero-order valence-corrected chi connectivity index (χ0v) is 28.5. The Balaban J connectivity index is 1.09. The number of aromatic nitrogens is 2. The number of hydrogen-bond donors (Lipinski definition) is 0. The SMILES string of the molecule is c1ccc(-c2ccc(-c3cc(-c4ccc5c(c4)sc4ccccc45)nc(-c4ccc(-c5cccc6sc7ccccc7c56)cc4)n3)cc2)cc1. The normalized spacial score (nSPS) is 11.6. The fourth-order valence-electron chi connectivity index (χ4n) is 7.04. The van der Waals surface area contributed by atoms with Crippen LogP contribution in [0.4, 0.5) is 0 Å². The van der Waals surface area contributed by atoms with E-state index in [0.717, 1.165) is 28.1 Å². The summed E-state index contributed by atoms with van der Waals surface area (Å²) in [6, 6.07) is 60.7. The smallest absolute Gasteiger partial charge is 0.160 e. The Morgan fingerprint density at radius 1 is 0.320 bits per heavy atom. The van der Waals surface area contributed by atoms with E-state index in [9.17, 15) is 0 Å². The van der Waals surface area contributed by atoms with Crippen molar-refractivity contribution in [1.29, 1.82) is 0 Å². The second kappa shape index (κ2) is 11.9. The Kier molecular flexibility index (Phi) is 6.90. The first-order valence-corrected chi connectivity index (χ1v) is 18.4. The van der Waals surface area contributed by atoms with Gasteiger partial charge in [-0.1, -0.05) is 140 Å². The van der Waals surface area contributed by atoms with E-state index in [1.165, 1.54) is 62.6 Å². The van der Waals surface area contributed by atoms with E-state index in [2.05, 4.69) is 170 Å². The molecule has 0 aliphatic carbocycles. The summed E-state index contributed by atoms with van der Waals surface area (Å²) < 4.78 is 5.18. The Hall–Kier alpha value is -5.94. The molecule has 0 radical (unpaired) electrons. The first-order valence-electron chi connectivity index (χ1n) is 16.7. The van der Waals surface area contributed by atoms with Gasteiger partial charge in [-0.2, -0.15) is 0 Å². The van der Waals surface area contributed by atoms with Gasteiger partial charge in [0.1, 0.15) is 0 Å². The molecule has 0 N–H and O–H groups in total. The number of hydrogen-bond acceptors (Lipinski definition) is 4. The van der Waals surface area contributed by atoms with Crippen molar-refractivity contribution in [2.24, 2.45) is 0 Å². The molecule has 0 aliphatic heterocycles. The molecule has 0 atom stereocenters. The van der Waals surface area contributed by atoms with Crippen molar-refractivity contribution in [1.82, 2.24) is 9.97 Å². The first-order chi connectivity index (χ1) is 24.7. The third-order valence-electron chi connectivity index (χ3n) is 9.55. The molecular weight excluding hydrogens is 645 g/mol. The molecular formula is C46H28N2S2. The molecule has 10 rings (SSSR count). The molecule has 0 saturated heterocycles. The van der Waals surface area contributed by atoms with Crippen LogP contribution in [0.25, 0.3) is 96.5 Å². The second-order valence-electron chi connectivity index (χ2n) is 12.6. The minimum atomic E-state index is 0.715. The zero-order valence-electron chi connectivity index (χ0n) is 26.9. The van der Waals surface area contributed by atoms with Crippen LogP contribution < -0.4 is 0 Å². The van der Waals surface area contributed by atoms with Gasteiger partial charge in [0.15, 0.2) is 5.82 Å². The highest BCUT2D eigenvalue weighted by Gasteiger charge is 2.15. The van der Waals surface area contributed by atoms with Gasteiger partial charge in [0, 0.05) is 57.0 Å². The fourth-order valence-corrected chi connectivity index (χ4v) is 9.31. The molecule has 3 aromatic heterocycles. The molecule has 0 fully saturated rings. The number of nitrogens with zero attached hydrogens (tertiary/aromatic N) is 2. The highest BCUT2D eigenvalue weighted by Crippen LogP contribution is 2.41. The molecule has 0 amide bonds. The summed E-state index contributed by atoms with van der Waals surface area (Å²) in [5.74, 6) is 0.715. The lowest BCUT2D eigenvalue weighted by Crippen LogP contribution is -1.96. The van der Waals surface area contributed by atoms with Crippen LogP contribution >= 0.6 is 22.7 Å². The van der Waals surface area contributed by atoms with Crippen LogP contribution in [-0.4, -0.2) is 9.97 Å². The second-order valence-corrected chi connectivity index (χ2v) is 14.7. The van der Waals surface area contributed by atoms with E-state index in [4.69, 9.17) is 9.97 Å². The minimum absolute atomic E-state index is 0.715. The van der Waals surface area contributed by atoms with E-state index < -0.39 is 0 Å². The highest BCUT2D eigenvalue weighted by atomic mass is 32.1. The largest absolute Gasteiger partial charge is 0.228 e. The van der Waals surface area contributed by atoms with E-state index in [1.807, 2.05) is 22.7 Å². The maximum atomic E-state index is 5.21. The Labute approximate surface area is 297 Å². The lowest BCUT2D eigenvalue weighted by molar-refractivity contribution is 1.18. The first kappa shape index (κ1) is 29.0. The van der Waals surface area contributed by atoms with Crippen molar-refractivity contribution in [2.75, 3.05) is 0 Å². The van der Waals surface area contributed by atoms with Gasteiger partial charge in [-0.15, -0.1) is 22.7 Å². The van der Waals surface area contributed by atoms with E-state index in [0.29, 0.717) is 5.82 Å². The van der Waals surface area contributed by atoms with Gasteiger partial charge in [-0.25, -0.2) is 9.97 Å². The molecule has 234 valence electrons. The number of benzene rings is 7. The van der Waals surface area contributed by atoms with Crippen molar-refractivity contribution in [2.45, 2.75) is 0 Å². The maximum Gasteiger partial charge on any atom is 0.160 e. The Morgan fingerprint density at radius 2 is 0.860 bits per heavy atom. The Bertz CT molecular complexity index is 2850. The van der Waals surface area contributed by atoms with Crippen LogP contribution in [0.2, 0.25) is 0 Å². The van der Waals surface area contributed by atoms with Crippen LogP contribution in [0.3, 0.4) is 0 Å². The Morgan fingerprint density at radius 3 is 1.66 bits per heavy atom. The average molecular weight is 673 g/mol. The van der Waals surface area contributed by atoms with Crippen LogP contribution in [0.5, 0.6) is 0 Å². The van der Waals surface area contributed by atoms with Crippen molar-refractivity contribution >= 4 is 63.0 Å². The summed E-state index contributed by atoms with van der Waals surface area (Å²) in [5, 5.41) is 5.20. The molecule has 0 aliphatic rings. The summed E-state index contributed by atoms with van der Waals surface area (Å²) >= 11 is 3.68. The molecule has 0 spiro atoms. The minimum Gasteiger partial charge on any atom is -0.228 e. The third-order valence-corrected chi connectivity index (χ3v) is 11.8. The molecule has 0 bridgehead atoms. The number of rotatable bonds is 5. The summed E-state index contributed by atoms with van der Waals surface area (Å²) in [5.41, 5.74) is 9.77. The van der Waals surface area contributed by atoms with E-state index >= 15 is 0 Å². The molecule has 3 heterocycles.